The third-order valence-electron chi connectivity index (χ3n) is 3.03. The normalized spacial score (nSPS) is 40.9. The predicted molar refractivity (Wildman–Crippen MR) is 56.9 cm³/mol. The summed E-state index contributed by atoms with van der Waals surface area (Å²) >= 11 is 1.91. The molecule has 0 saturated carbocycles. The molecule has 2 aliphatic heterocycles. The van der Waals surface area contributed by atoms with Crippen molar-refractivity contribution in [2.24, 2.45) is 5.92 Å². The molecular formula is C10H16O4S. The molecule has 0 bridgehead atoms. The van der Waals surface area contributed by atoms with E-state index in [4.69, 9.17) is 14.6 Å². The lowest BCUT2D eigenvalue weighted by Crippen LogP contribution is -2.36. The summed E-state index contributed by atoms with van der Waals surface area (Å²) in [4.78, 5) is 10.5. The average Bonchev–Trinajstić information content (AvgIpc) is 2.74. The van der Waals surface area contributed by atoms with Gasteiger partial charge in [0.15, 0.2) is 5.79 Å². The van der Waals surface area contributed by atoms with E-state index in [1.807, 2.05) is 18.7 Å². The van der Waals surface area contributed by atoms with Crippen LogP contribution in [0.3, 0.4) is 0 Å². The highest BCUT2D eigenvalue weighted by atomic mass is 32.2. The Morgan fingerprint density at radius 1 is 1.67 bits per heavy atom. The number of hydrogen-bond donors (Lipinski definition) is 1. The van der Waals surface area contributed by atoms with Crippen LogP contribution in [0.1, 0.15) is 19.8 Å². The smallest absolute Gasteiger partial charge is 0.306 e. The van der Waals surface area contributed by atoms with Crippen LogP contribution >= 0.6 is 11.8 Å². The van der Waals surface area contributed by atoms with Gasteiger partial charge in [0, 0.05) is 11.7 Å². The van der Waals surface area contributed by atoms with Crippen LogP contribution in [0, 0.1) is 5.92 Å². The monoisotopic (exact) mass is 232 g/mol. The van der Waals surface area contributed by atoms with Gasteiger partial charge in [0.2, 0.25) is 0 Å². The molecule has 2 fully saturated rings. The zero-order valence-corrected chi connectivity index (χ0v) is 9.59. The van der Waals surface area contributed by atoms with E-state index < -0.39 is 11.8 Å². The van der Waals surface area contributed by atoms with Crippen LogP contribution in [0.4, 0.5) is 0 Å². The summed E-state index contributed by atoms with van der Waals surface area (Å²) in [5.41, 5.74) is 0. The fourth-order valence-electron chi connectivity index (χ4n) is 2.11. The molecule has 2 rings (SSSR count). The van der Waals surface area contributed by atoms with E-state index in [1.54, 1.807) is 0 Å². The number of thioether (sulfide) groups is 1. The van der Waals surface area contributed by atoms with Gasteiger partial charge >= 0.3 is 5.97 Å². The Balaban J connectivity index is 1.91. The second-order valence-corrected chi connectivity index (χ2v) is 5.38. The highest BCUT2D eigenvalue weighted by Crippen LogP contribution is 2.39. The summed E-state index contributed by atoms with van der Waals surface area (Å²) in [7, 11) is 0. The summed E-state index contributed by atoms with van der Waals surface area (Å²) in [6.07, 6.45) is 0.856. The molecule has 0 radical (unpaired) electrons. The van der Waals surface area contributed by atoms with Crippen molar-refractivity contribution >= 4 is 17.7 Å². The maximum absolute atomic E-state index is 10.5. The Hall–Kier alpha value is -0.260. The quantitative estimate of drug-likeness (QED) is 0.796. The molecule has 3 unspecified atom stereocenters. The number of aliphatic carboxylic acids is 1. The van der Waals surface area contributed by atoms with Gasteiger partial charge in [0.05, 0.1) is 19.1 Å². The van der Waals surface area contributed by atoms with E-state index in [1.165, 1.54) is 0 Å². The van der Waals surface area contributed by atoms with Crippen LogP contribution in [0.5, 0.6) is 0 Å². The molecule has 0 aromatic heterocycles. The summed E-state index contributed by atoms with van der Waals surface area (Å²) in [5.74, 6) is 1.23. The molecule has 4 nitrogen and oxygen atoms in total. The van der Waals surface area contributed by atoms with E-state index >= 15 is 0 Å². The Kier molecular flexibility index (Phi) is 3.23. The lowest BCUT2D eigenvalue weighted by atomic mass is 10.00. The van der Waals surface area contributed by atoms with Crippen LogP contribution in [0.15, 0.2) is 0 Å². The fraction of sp³-hybridized carbons (Fsp3) is 0.900. The molecule has 0 aliphatic carbocycles. The van der Waals surface area contributed by atoms with Gasteiger partial charge in [-0.25, -0.2) is 0 Å². The molecule has 0 amide bonds. The molecule has 2 heterocycles. The standard InChI is InChI=1S/C10H16O4S/c1-10(7-2-3-15-6-7)13-5-8(14-10)4-9(11)12/h7-8H,2-6H2,1H3,(H,11,12). The molecule has 2 saturated heterocycles. The minimum absolute atomic E-state index is 0.0372. The highest BCUT2D eigenvalue weighted by Gasteiger charge is 2.45. The number of hydrogen-bond acceptors (Lipinski definition) is 4. The van der Waals surface area contributed by atoms with Crippen molar-refractivity contribution in [3.8, 4) is 0 Å². The molecule has 0 spiro atoms. The second-order valence-electron chi connectivity index (χ2n) is 4.23. The summed E-state index contributed by atoms with van der Waals surface area (Å²) in [5, 5.41) is 8.67. The third kappa shape index (κ3) is 2.46. The van der Waals surface area contributed by atoms with E-state index in [2.05, 4.69) is 0 Å². The Morgan fingerprint density at radius 3 is 3.07 bits per heavy atom. The van der Waals surface area contributed by atoms with Crippen LogP contribution in [-0.4, -0.2) is 41.1 Å². The van der Waals surface area contributed by atoms with Crippen LogP contribution < -0.4 is 0 Å². The maximum Gasteiger partial charge on any atom is 0.306 e. The SMILES string of the molecule is CC1(C2CCSC2)OCC(CC(=O)O)O1. The number of rotatable bonds is 3. The summed E-state index contributed by atoms with van der Waals surface area (Å²) < 4.78 is 11.4. The van der Waals surface area contributed by atoms with E-state index in [0.717, 1.165) is 17.9 Å². The molecule has 3 atom stereocenters. The van der Waals surface area contributed by atoms with Gasteiger partial charge in [-0.1, -0.05) is 0 Å². The number of carboxylic acids is 1. The molecule has 1 N–H and O–H groups in total. The van der Waals surface area contributed by atoms with E-state index in [9.17, 15) is 4.79 Å². The zero-order chi connectivity index (χ0) is 10.9. The van der Waals surface area contributed by atoms with Gasteiger partial charge in [0.25, 0.3) is 0 Å². The summed E-state index contributed by atoms with van der Waals surface area (Å²) in [6, 6.07) is 0. The lowest BCUT2D eigenvalue weighted by Gasteiger charge is -2.29. The zero-order valence-electron chi connectivity index (χ0n) is 8.77. The van der Waals surface area contributed by atoms with Gasteiger partial charge in [-0.15, -0.1) is 0 Å². The first kappa shape index (κ1) is 11.2. The van der Waals surface area contributed by atoms with Crippen molar-refractivity contribution in [2.75, 3.05) is 18.1 Å². The van der Waals surface area contributed by atoms with Gasteiger partial charge in [-0.2, -0.15) is 11.8 Å². The Morgan fingerprint density at radius 2 is 2.47 bits per heavy atom. The highest BCUT2D eigenvalue weighted by molar-refractivity contribution is 7.99. The van der Waals surface area contributed by atoms with Crippen LogP contribution in [0.25, 0.3) is 0 Å². The van der Waals surface area contributed by atoms with Crippen molar-refractivity contribution in [2.45, 2.75) is 31.7 Å². The van der Waals surface area contributed by atoms with E-state index in [-0.39, 0.29) is 12.5 Å². The Bertz CT molecular complexity index is 252. The molecule has 0 aromatic rings. The lowest BCUT2D eigenvalue weighted by molar-refractivity contribution is -0.187. The summed E-state index contributed by atoms with van der Waals surface area (Å²) in [6.45, 7) is 2.34. The molecule has 86 valence electrons. The van der Waals surface area contributed by atoms with Gasteiger partial charge in [-0.3, -0.25) is 4.79 Å². The first-order valence-corrected chi connectivity index (χ1v) is 6.37. The van der Waals surface area contributed by atoms with Gasteiger partial charge < -0.3 is 14.6 Å². The first-order chi connectivity index (χ1) is 7.10. The fourth-order valence-corrected chi connectivity index (χ4v) is 3.49. The molecule has 0 aromatic carbocycles. The minimum atomic E-state index is -0.825. The van der Waals surface area contributed by atoms with Gasteiger partial charge in [0.1, 0.15) is 0 Å². The number of ether oxygens (including phenoxy) is 2. The van der Waals surface area contributed by atoms with Gasteiger partial charge in [-0.05, 0) is 19.1 Å². The van der Waals surface area contributed by atoms with Crippen molar-refractivity contribution in [3.05, 3.63) is 0 Å². The topological polar surface area (TPSA) is 55.8 Å². The first-order valence-electron chi connectivity index (χ1n) is 5.21. The van der Waals surface area contributed by atoms with Crippen LogP contribution in [0.2, 0.25) is 0 Å². The van der Waals surface area contributed by atoms with E-state index in [0.29, 0.717) is 12.5 Å². The Labute approximate surface area is 93.3 Å². The molecule has 15 heavy (non-hydrogen) atoms. The molecular weight excluding hydrogens is 216 g/mol. The third-order valence-corrected chi connectivity index (χ3v) is 4.19. The predicted octanol–water partition coefficient (Wildman–Crippen LogP) is 1.35. The second kappa shape index (κ2) is 4.31. The number of carbonyl (C=O) groups is 1. The van der Waals surface area contributed by atoms with Crippen molar-refractivity contribution in [3.63, 3.8) is 0 Å². The molecule has 5 heteroatoms. The van der Waals surface area contributed by atoms with Crippen molar-refractivity contribution in [1.29, 1.82) is 0 Å². The largest absolute Gasteiger partial charge is 0.481 e. The molecule has 2 aliphatic rings. The average molecular weight is 232 g/mol. The maximum atomic E-state index is 10.5. The minimum Gasteiger partial charge on any atom is -0.481 e. The van der Waals surface area contributed by atoms with Crippen LogP contribution in [-0.2, 0) is 14.3 Å². The number of carboxylic acid groups (broad SMARTS) is 1. The van der Waals surface area contributed by atoms with Crippen molar-refractivity contribution < 1.29 is 19.4 Å². The van der Waals surface area contributed by atoms with Crippen molar-refractivity contribution in [1.82, 2.24) is 0 Å².